The minimum atomic E-state index is 0.566. The summed E-state index contributed by atoms with van der Waals surface area (Å²) in [6.45, 7) is 2.97. The van der Waals surface area contributed by atoms with Crippen LogP contribution in [0.1, 0.15) is 50.2 Å². The Hall–Kier alpha value is -2.29. The summed E-state index contributed by atoms with van der Waals surface area (Å²) in [7, 11) is 0. The van der Waals surface area contributed by atoms with E-state index in [1.165, 1.54) is 25.7 Å². The second-order valence-electron chi connectivity index (χ2n) is 5.60. The molecule has 0 atom stereocenters. The molecule has 0 heterocycles. The predicted molar refractivity (Wildman–Crippen MR) is 94.6 cm³/mol. The molecule has 0 spiro atoms. The van der Waals surface area contributed by atoms with Crippen molar-refractivity contribution in [2.45, 2.75) is 39.0 Å². The Morgan fingerprint density at radius 3 is 2.17 bits per heavy atom. The smallest absolute Gasteiger partial charge is 0.119 e. The van der Waals surface area contributed by atoms with Crippen LogP contribution in [0, 0.1) is 0 Å². The monoisotopic (exact) mass is 311 g/mol. The molecule has 2 rings (SSSR count). The second-order valence-corrected chi connectivity index (χ2v) is 5.60. The number of rotatable bonds is 9. The molecule has 122 valence electrons. The molecule has 0 bridgehead atoms. The van der Waals surface area contributed by atoms with Crippen LogP contribution in [0.3, 0.4) is 0 Å². The summed E-state index contributed by atoms with van der Waals surface area (Å²) in [4.78, 5) is 0. The van der Waals surface area contributed by atoms with Crippen LogP contribution in [0.2, 0.25) is 0 Å². The molecule has 0 unspecified atom stereocenters. The first-order valence-corrected chi connectivity index (χ1v) is 8.36. The molecule has 1 N–H and O–H groups in total. The molecule has 0 radical (unpaired) electrons. The van der Waals surface area contributed by atoms with Crippen molar-refractivity contribution in [2.24, 2.45) is 5.16 Å². The van der Waals surface area contributed by atoms with Crippen LogP contribution in [0.15, 0.2) is 59.8 Å². The van der Waals surface area contributed by atoms with Crippen molar-refractivity contribution in [3.8, 4) is 5.75 Å². The molecule has 0 aliphatic carbocycles. The molecular weight excluding hydrogens is 286 g/mol. The molecule has 0 aliphatic heterocycles. The third kappa shape index (κ3) is 5.44. The van der Waals surface area contributed by atoms with Gasteiger partial charge in [-0.05, 0) is 30.7 Å². The molecule has 3 nitrogen and oxygen atoms in total. The molecule has 23 heavy (non-hydrogen) atoms. The second kappa shape index (κ2) is 9.67. The highest BCUT2D eigenvalue weighted by atomic mass is 16.5. The normalized spacial score (nSPS) is 11.4. The van der Waals surface area contributed by atoms with E-state index in [1.807, 2.05) is 54.6 Å². The molecule has 0 amide bonds. The molecule has 3 heteroatoms. The molecule has 2 aromatic rings. The first kappa shape index (κ1) is 17.1. The molecule has 0 saturated carbocycles. The molecule has 0 aliphatic rings. The van der Waals surface area contributed by atoms with Gasteiger partial charge in [0.15, 0.2) is 0 Å². The predicted octanol–water partition coefficient (Wildman–Crippen LogP) is 5.26. The minimum Gasteiger partial charge on any atom is -0.494 e. The Balaban J connectivity index is 1.89. The maximum absolute atomic E-state index is 9.30. The zero-order valence-corrected chi connectivity index (χ0v) is 13.7. The average molecular weight is 311 g/mol. The Morgan fingerprint density at radius 2 is 1.52 bits per heavy atom. The van der Waals surface area contributed by atoms with E-state index in [9.17, 15) is 5.21 Å². The Morgan fingerprint density at radius 1 is 0.870 bits per heavy atom. The van der Waals surface area contributed by atoms with Gasteiger partial charge in [-0.25, -0.2) is 0 Å². The lowest BCUT2D eigenvalue weighted by atomic mass is 10.0. The topological polar surface area (TPSA) is 41.8 Å². The maximum Gasteiger partial charge on any atom is 0.119 e. The van der Waals surface area contributed by atoms with Crippen LogP contribution in [0.25, 0.3) is 0 Å². The lowest BCUT2D eigenvalue weighted by molar-refractivity contribution is 0.304. The van der Waals surface area contributed by atoms with Gasteiger partial charge in [-0.3, -0.25) is 0 Å². The quantitative estimate of drug-likeness (QED) is 0.297. The minimum absolute atomic E-state index is 0.566. The third-order valence-electron chi connectivity index (χ3n) is 3.79. The molecule has 0 fully saturated rings. The summed E-state index contributed by atoms with van der Waals surface area (Å²) in [6.07, 6.45) is 6.17. The number of ether oxygens (including phenoxy) is 1. The fraction of sp³-hybridized carbons (Fsp3) is 0.350. The Kier molecular flexibility index (Phi) is 7.18. The van der Waals surface area contributed by atoms with Crippen molar-refractivity contribution in [1.29, 1.82) is 0 Å². The highest BCUT2D eigenvalue weighted by Gasteiger charge is 2.07. The van der Waals surface area contributed by atoms with E-state index >= 15 is 0 Å². The highest BCUT2D eigenvalue weighted by Crippen LogP contribution is 2.16. The number of unbranched alkanes of at least 4 members (excludes halogenated alkanes) is 4. The SMILES string of the molecule is CCCCCCCOc1ccc(/C(=N/O)c2ccccc2)cc1. The number of hydrogen-bond acceptors (Lipinski definition) is 3. The average Bonchev–Trinajstić information content (AvgIpc) is 2.61. The van der Waals surface area contributed by atoms with E-state index in [0.29, 0.717) is 5.71 Å². The fourth-order valence-corrected chi connectivity index (χ4v) is 2.48. The zero-order chi connectivity index (χ0) is 16.3. The van der Waals surface area contributed by atoms with Gasteiger partial charge < -0.3 is 9.94 Å². The van der Waals surface area contributed by atoms with Gasteiger partial charge in [0, 0.05) is 11.1 Å². The van der Waals surface area contributed by atoms with E-state index in [-0.39, 0.29) is 0 Å². The Labute approximate surface area is 138 Å². The van der Waals surface area contributed by atoms with E-state index < -0.39 is 0 Å². The van der Waals surface area contributed by atoms with Crippen molar-refractivity contribution in [3.05, 3.63) is 65.7 Å². The highest BCUT2D eigenvalue weighted by molar-refractivity contribution is 6.12. The first-order chi connectivity index (χ1) is 11.3. The van der Waals surface area contributed by atoms with Crippen molar-refractivity contribution in [2.75, 3.05) is 6.61 Å². The maximum atomic E-state index is 9.30. The number of benzene rings is 2. The van der Waals surface area contributed by atoms with E-state index in [0.717, 1.165) is 29.9 Å². The lowest BCUT2D eigenvalue weighted by Crippen LogP contribution is -2.03. The van der Waals surface area contributed by atoms with E-state index in [2.05, 4.69) is 12.1 Å². The first-order valence-electron chi connectivity index (χ1n) is 8.36. The van der Waals surface area contributed by atoms with Gasteiger partial charge in [-0.2, -0.15) is 0 Å². The van der Waals surface area contributed by atoms with E-state index in [4.69, 9.17) is 4.74 Å². The summed E-state index contributed by atoms with van der Waals surface area (Å²) < 4.78 is 5.76. The van der Waals surface area contributed by atoms with Gasteiger partial charge >= 0.3 is 0 Å². The van der Waals surface area contributed by atoms with Crippen molar-refractivity contribution in [1.82, 2.24) is 0 Å². The van der Waals surface area contributed by atoms with Crippen molar-refractivity contribution >= 4 is 5.71 Å². The molecule has 0 aromatic heterocycles. The van der Waals surface area contributed by atoms with Crippen molar-refractivity contribution < 1.29 is 9.94 Å². The van der Waals surface area contributed by atoms with Crippen LogP contribution >= 0.6 is 0 Å². The van der Waals surface area contributed by atoms with Crippen molar-refractivity contribution in [3.63, 3.8) is 0 Å². The van der Waals surface area contributed by atoms with Crippen LogP contribution in [-0.2, 0) is 0 Å². The van der Waals surface area contributed by atoms with Gasteiger partial charge in [0.1, 0.15) is 11.5 Å². The number of nitrogens with zero attached hydrogens (tertiary/aromatic N) is 1. The van der Waals surface area contributed by atoms with E-state index in [1.54, 1.807) is 0 Å². The summed E-state index contributed by atoms with van der Waals surface area (Å²) >= 11 is 0. The van der Waals surface area contributed by atoms with Crippen LogP contribution < -0.4 is 4.74 Å². The van der Waals surface area contributed by atoms with Gasteiger partial charge in [0.25, 0.3) is 0 Å². The Bertz CT molecular complexity index is 591. The van der Waals surface area contributed by atoms with Gasteiger partial charge in [-0.15, -0.1) is 0 Å². The summed E-state index contributed by atoms with van der Waals surface area (Å²) in [5.41, 5.74) is 2.32. The summed E-state index contributed by atoms with van der Waals surface area (Å²) in [5, 5.41) is 12.7. The van der Waals surface area contributed by atoms with Gasteiger partial charge in [0.2, 0.25) is 0 Å². The van der Waals surface area contributed by atoms with Crippen LogP contribution in [-0.4, -0.2) is 17.5 Å². The summed E-state index contributed by atoms with van der Waals surface area (Å²) in [6, 6.07) is 17.3. The largest absolute Gasteiger partial charge is 0.494 e. The van der Waals surface area contributed by atoms with Gasteiger partial charge in [0.05, 0.1) is 6.61 Å². The fourth-order valence-electron chi connectivity index (χ4n) is 2.48. The molecular formula is C20H25NO2. The number of hydrogen-bond donors (Lipinski definition) is 1. The summed E-state index contributed by atoms with van der Waals surface area (Å²) in [5.74, 6) is 0.856. The van der Waals surface area contributed by atoms with Crippen LogP contribution in [0.4, 0.5) is 0 Å². The standard InChI is InChI=1S/C20H25NO2/c1-2-3-4-5-9-16-23-19-14-12-18(13-15-19)20(21-22)17-10-7-6-8-11-17/h6-8,10-15,22H,2-5,9,16H2,1H3/b21-20+. The third-order valence-corrected chi connectivity index (χ3v) is 3.79. The van der Waals surface area contributed by atoms with Gasteiger partial charge in [-0.1, -0.05) is 68.1 Å². The molecule has 0 saturated heterocycles. The lowest BCUT2D eigenvalue weighted by Gasteiger charge is -2.08. The van der Waals surface area contributed by atoms with Crippen LogP contribution in [0.5, 0.6) is 5.75 Å². The molecule has 2 aromatic carbocycles. The number of oxime groups is 1. The zero-order valence-electron chi connectivity index (χ0n) is 13.7.